The zero-order valence-corrected chi connectivity index (χ0v) is 13.8. The Labute approximate surface area is 140 Å². The molecule has 0 atom stereocenters. The quantitative estimate of drug-likeness (QED) is 0.614. The summed E-state index contributed by atoms with van der Waals surface area (Å²) >= 11 is 0. The molecule has 0 unspecified atom stereocenters. The Hall–Kier alpha value is -2.95. The molecule has 0 aliphatic rings. The Morgan fingerprint density at radius 1 is 0.917 bits per heavy atom. The van der Waals surface area contributed by atoms with Crippen LogP contribution in [-0.4, -0.2) is 19.6 Å². The molecule has 0 fully saturated rings. The van der Waals surface area contributed by atoms with Crippen LogP contribution in [-0.2, 0) is 12.8 Å². The standard InChI is InChI=1S/C19H19N5/c1-3-13-9-11-14(12-10-13)20-18-19-23-22-17(4-2)24(19)16-8-6-5-7-15(16)21-18/h5-12H,3-4H2,1-2H3,(H,20,21). The van der Waals surface area contributed by atoms with Crippen LogP contribution in [0.25, 0.3) is 16.7 Å². The van der Waals surface area contributed by atoms with Gasteiger partial charge in [0.1, 0.15) is 5.82 Å². The number of aromatic nitrogens is 4. The highest BCUT2D eigenvalue weighted by Crippen LogP contribution is 2.24. The van der Waals surface area contributed by atoms with Crippen molar-refractivity contribution in [2.75, 3.05) is 5.32 Å². The third-order valence-corrected chi connectivity index (χ3v) is 4.24. The predicted molar refractivity (Wildman–Crippen MR) is 96.8 cm³/mol. The van der Waals surface area contributed by atoms with Crippen LogP contribution >= 0.6 is 0 Å². The molecule has 0 saturated heterocycles. The molecule has 2 aromatic heterocycles. The van der Waals surface area contributed by atoms with E-state index < -0.39 is 0 Å². The Balaban J connectivity index is 1.88. The first-order valence-electron chi connectivity index (χ1n) is 8.29. The van der Waals surface area contributed by atoms with Gasteiger partial charge in [0.25, 0.3) is 0 Å². The average Bonchev–Trinajstić information content (AvgIpc) is 3.07. The van der Waals surface area contributed by atoms with E-state index in [2.05, 4.69) is 64.1 Å². The van der Waals surface area contributed by atoms with Gasteiger partial charge in [-0.2, -0.15) is 0 Å². The number of anilines is 2. The lowest BCUT2D eigenvalue weighted by atomic mass is 10.1. The third kappa shape index (κ3) is 2.38. The maximum absolute atomic E-state index is 4.75. The number of fused-ring (bicyclic) bond motifs is 3. The molecule has 0 amide bonds. The first kappa shape index (κ1) is 14.6. The fourth-order valence-electron chi connectivity index (χ4n) is 2.91. The summed E-state index contributed by atoms with van der Waals surface area (Å²) in [5, 5.41) is 12.1. The highest BCUT2D eigenvalue weighted by molar-refractivity contribution is 5.84. The number of benzene rings is 2. The Kier molecular flexibility index (Phi) is 3.61. The summed E-state index contributed by atoms with van der Waals surface area (Å²) in [6.45, 7) is 4.24. The number of para-hydroxylation sites is 2. The molecule has 1 N–H and O–H groups in total. The van der Waals surface area contributed by atoms with Crippen molar-refractivity contribution in [2.24, 2.45) is 0 Å². The summed E-state index contributed by atoms with van der Waals surface area (Å²) in [4.78, 5) is 4.75. The first-order valence-corrected chi connectivity index (χ1v) is 8.29. The monoisotopic (exact) mass is 317 g/mol. The molecule has 0 aliphatic carbocycles. The number of nitrogens with zero attached hydrogens (tertiary/aromatic N) is 4. The fraction of sp³-hybridized carbons (Fsp3) is 0.211. The molecule has 4 aromatic rings. The van der Waals surface area contributed by atoms with Crippen LogP contribution in [0.2, 0.25) is 0 Å². The van der Waals surface area contributed by atoms with Crippen molar-refractivity contribution in [3.05, 3.63) is 59.9 Å². The van der Waals surface area contributed by atoms with E-state index in [1.54, 1.807) is 0 Å². The van der Waals surface area contributed by atoms with E-state index >= 15 is 0 Å². The van der Waals surface area contributed by atoms with Crippen molar-refractivity contribution >= 4 is 28.2 Å². The molecule has 0 bridgehead atoms. The van der Waals surface area contributed by atoms with Crippen LogP contribution in [0.5, 0.6) is 0 Å². The molecule has 2 aromatic carbocycles. The lowest BCUT2D eigenvalue weighted by molar-refractivity contribution is 0.922. The summed E-state index contributed by atoms with van der Waals surface area (Å²) in [7, 11) is 0. The fourth-order valence-corrected chi connectivity index (χ4v) is 2.91. The van der Waals surface area contributed by atoms with E-state index in [-0.39, 0.29) is 0 Å². The zero-order chi connectivity index (χ0) is 16.5. The average molecular weight is 317 g/mol. The van der Waals surface area contributed by atoms with E-state index in [1.807, 2.05) is 18.2 Å². The Morgan fingerprint density at radius 3 is 2.46 bits per heavy atom. The van der Waals surface area contributed by atoms with E-state index in [1.165, 1.54) is 5.56 Å². The molecule has 4 rings (SSSR count). The molecule has 2 heterocycles. The Bertz CT molecular complexity index is 1000. The van der Waals surface area contributed by atoms with Gasteiger partial charge in [0, 0.05) is 12.1 Å². The lowest BCUT2D eigenvalue weighted by Crippen LogP contribution is -2.02. The summed E-state index contributed by atoms with van der Waals surface area (Å²) in [6.07, 6.45) is 1.85. The molecule has 0 saturated carbocycles. The minimum Gasteiger partial charge on any atom is -0.337 e. The molecule has 5 heteroatoms. The van der Waals surface area contributed by atoms with Gasteiger partial charge in [0.05, 0.1) is 11.0 Å². The molecular formula is C19H19N5. The number of nitrogens with one attached hydrogen (secondary N) is 1. The summed E-state index contributed by atoms with van der Waals surface area (Å²) < 4.78 is 2.09. The highest BCUT2D eigenvalue weighted by Gasteiger charge is 2.14. The van der Waals surface area contributed by atoms with Crippen molar-refractivity contribution in [2.45, 2.75) is 26.7 Å². The van der Waals surface area contributed by atoms with Gasteiger partial charge in [-0.3, -0.25) is 4.40 Å². The van der Waals surface area contributed by atoms with E-state index in [0.29, 0.717) is 0 Å². The summed E-state index contributed by atoms with van der Waals surface area (Å²) in [5.41, 5.74) is 5.02. The normalized spacial score (nSPS) is 11.2. The smallest absolute Gasteiger partial charge is 0.204 e. The van der Waals surface area contributed by atoms with Gasteiger partial charge in [-0.25, -0.2) is 4.98 Å². The highest BCUT2D eigenvalue weighted by atomic mass is 15.3. The molecule has 0 spiro atoms. The molecule has 120 valence electrons. The van der Waals surface area contributed by atoms with Gasteiger partial charge in [-0.05, 0) is 36.2 Å². The lowest BCUT2D eigenvalue weighted by Gasteiger charge is -2.10. The molecule has 0 radical (unpaired) electrons. The minimum atomic E-state index is 0.727. The van der Waals surface area contributed by atoms with Crippen LogP contribution in [0.1, 0.15) is 25.2 Å². The second kappa shape index (κ2) is 5.92. The topological polar surface area (TPSA) is 55.1 Å². The van der Waals surface area contributed by atoms with Crippen molar-refractivity contribution in [3.63, 3.8) is 0 Å². The number of hydrogen-bond acceptors (Lipinski definition) is 4. The first-order chi connectivity index (χ1) is 11.8. The van der Waals surface area contributed by atoms with Crippen LogP contribution < -0.4 is 5.32 Å². The van der Waals surface area contributed by atoms with Gasteiger partial charge in [0.15, 0.2) is 5.82 Å². The van der Waals surface area contributed by atoms with Crippen LogP contribution in [0.4, 0.5) is 11.5 Å². The Morgan fingerprint density at radius 2 is 1.71 bits per heavy atom. The predicted octanol–water partition coefficient (Wildman–Crippen LogP) is 4.15. The zero-order valence-electron chi connectivity index (χ0n) is 13.8. The van der Waals surface area contributed by atoms with Gasteiger partial charge in [-0.15, -0.1) is 10.2 Å². The number of hydrogen-bond donors (Lipinski definition) is 1. The van der Waals surface area contributed by atoms with Crippen LogP contribution in [0.15, 0.2) is 48.5 Å². The second-order valence-corrected chi connectivity index (χ2v) is 5.75. The maximum atomic E-state index is 4.75. The molecule has 5 nitrogen and oxygen atoms in total. The maximum Gasteiger partial charge on any atom is 0.204 e. The largest absolute Gasteiger partial charge is 0.337 e. The van der Waals surface area contributed by atoms with E-state index in [0.717, 1.165) is 46.9 Å². The van der Waals surface area contributed by atoms with Crippen molar-refractivity contribution in [3.8, 4) is 0 Å². The summed E-state index contributed by atoms with van der Waals surface area (Å²) in [5.74, 6) is 1.66. The number of aryl methyl sites for hydroxylation is 2. The molecule has 0 aliphatic heterocycles. The summed E-state index contributed by atoms with van der Waals surface area (Å²) in [6, 6.07) is 16.5. The number of rotatable bonds is 4. The van der Waals surface area contributed by atoms with Crippen molar-refractivity contribution in [1.82, 2.24) is 19.6 Å². The van der Waals surface area contributed by atoms with Crippen LogP contribution in [0.3, 0.4) is 0 Å². The third-order valence-electron chi connectivity index (χ3n) is 4.24. The van der Waals surface area contributed by atoms with Gasteiger partial charge in [-0.1, -0.05) is 38.1 Å². The van der Waals surface area contributed by atoms with E-state index in [9.17, 15) is 0 Å². The van der Waals surface area contributed by atoms with Crippen molar-refractivity contribution in [1.29, 1.82) is 0 Å². The van der Waals surface area contributed by atoms with E-state index in [4.69, 9.17) is 4.98 Å². The van der Waals surface area contributed by atoms with Crippen LogP contribution in [0, 0.1) is 0 Å². The van der Waals surface area contributed by atoms with Gasteiger partial charge in [0.2, 0.25) is 5.65 Å². The van der Waals surface area contributed by atoms with Crippen molar-refractivity contribution < 1.29 is 0 Å². The van der Waals surface area contributed by atoms with Gasteiger partial charge < -0.3 is 5.32 Å². The molecular weight excluding hydrogens is 298 g/mol. The minimum absolute atomic E-state index is 0.727. The second-order valence-electron chi connectivity index (χ2n) is 5.75. The SMILES string of the molecule is CCc1ccc(Nc2nc3ccccc3n3c(CC)nnc23)cc1. The van der Waals surface area contributed by atoms with Gasteiger partial charge >= 0.3 is 0 Å². The molecule has 24 heavy (non-hydrogen) atoms.